The molecule has 3 rings (SSSR count). The third-order valence-corrected chi connectivity index (χ3v) is 4.18. The fourth-order valence-corrected chi connectivity index (χ4v) is 2.87. The molecule has 1 aromatic heterocycles. The molecular weight excluding hydrogens is 350 g/mol. The number of methoxy groups -OCH3 is 4. The van der Waals surface area contributed by atoms with Crippen molar-refractivity contribution in [3.8, 4) is 23.0 Å². The van der Waals surface area contributed by atoms with Crippen LogP contribution in [0.3, 0.4) is 0 Å². The van der Waals surface area contributed by atoms with Crippen molar-refractivity contribution in [1.29, 1.82) is 0 Å². The minimum atomic E-state index is -0.343. The predicted octanol–water partition coefficient (Wildman–Crippen LogP) is 3.40. The second kappa shape index (κ2) is 7.90. The van der Waals surface area contributed by atoms with E-state index < -0.39 is 0 Å². The third kappa shape index (κ3) is 3.48. The van der Waals surface area contributed by atoms with Gasteiger partial charge in [0.2, 0.25) is 5.75 Å². The van der Waals surface area contributed by atoms with Gasteiger partial charge in [0, 0.05) is 17.5 Å². The summed E-state index contributed by atoms with van der Waals surface area (Å²) in [6.45, 7) is 0.233. The lowest BCUT2D eigenvalue weighted by Crippen LogP contribution is -2.22. The van der Waals surface area contributed by atoms with E-state index in [2.05, 4.69) is 5.32 Å². The second-order valence-corrected chi connectivity index (χ2v) is 5.67. The minimum Gasteiger partial charge on any atom is -0.493 e. The topological polar surface area (TPSA) is 79.2 Å². The van der Waals surface area contributed by atoms with E-state index in [0.717, 1.165) is 10.9 Å². The number of furan rings is 1. The van der Waals surface area contributed by atoms with Crippen molar-refractivity contribution in [3.05, 3.63) is 47.7 Å². The van der Waals surface area contributed by atoms with Crippen LogP contribution in [-0.2, 0) is 6.54 Å². The van der Waals surface area contributed by atoms with Gasteiger partial charge in [-0.05, 0) is 24.3 Å². The van der Waals surface area contributed by atoms with Gasteiger partial charge in [0.1, 0.15) is 0 Å². The number of ether oxygens (including phenoxy) is 4. The maximum atomic E-state index is 12.5. The summed E-state index contributed by atoms with van der Waals surface area (Å²) >= 11 is 0. The first-order valence-corrected chi connectivity index (χ1v) is 8.25. The number of hydrogen-bond donors (Lipinski definition) is 1. The zero-order valence-corrected chi connectivity index (χ0v) is 15.6. The lowest BCUT2D eigenvalue weighted by molar-refractivity contribution is 0.0925. The average Bonchev–Trinajstić information content (AvgIpc) is 3.15. The summed E-state index contributed by atoms with van der Waals surface area (Å²) < 4.78 is 27.0. The zero-order chi connectivity index (χ0) is 19.4. The highest BCUT2D eigenvalue weighted by Gasteiger charge is 2.18. The molecule has 0 saturated heterocycles. The largest absolute Gasteiger partial charge is 0.493 e. The van der Waals surface area contributed by atoms with Gasteiger partial charge in [0.25, 0.3) is 5.91 Å². The molecule has 0 atom stereocenters. The molecule has 0 fully saturated rings. The number of hydrogen-bond acceptors (Lipinski definition) is 6. The molecule has 0 aliphatic carbocycles. The molecule has 0 bridgehead atoms. The van der Waals surface area contributed by atoms with E-state index in [1.165, 1.54) is 14.2 Å². The summed E-state index contributed by atoms with van der Waals surface area (Å²) in [5.41, 5.74) is 1.28. The Balaban J connectivity index is 1.82. The Morgan fingerprint density at radius 2 is 1.67 bits per heavy atom. The van der Waals surface area contributed by atoms with Crippen molar-refractivity contribution in [3.63, 3.8) is 0 Å². The number of fused-ring (bicyclic) bond motifs is 1. The monoisotopic (exact) mass is 371 g/mol. The van der Waals surface area contributed by atoms with E-state index >= 15 is 0 Å². The van der Waals surface area contributed by atoms with Crippen LogP contribution in [0.5, 0.6) is 23.0 Å². The molecule has 1 amide bonds. The maximum Gasteiger partial charge on any atom is 0.287 e. The van der Waals surface area contributed by atoms with Gasteiger partial charge in [-0.15, -0.1) is 0 Å². The number of rotatable bonds is 7. The summed E-state index contributed by atoms with van der Waals surface area (Å²) in [6.07, 6.45) is 0. The Hall–Kier alpha value is -3.35. The number of carbonyl (C=O) groups is 1. The number of carbonyl (C=O) groups excluding carboxylic acids is 1. The quantitative estimate of drug-likeness (QED) is 0.686. The smallest absolute Gasteiger partial charge is 0.287 e. The van der Waals surface area contributed by atoms with Crippen LogP contribution < -0.4 is 24.3 Å². The molecule has 2 aromatic carbocycles. The van der Waals surface area contributed by atoms with E-state index in [1.807, 2.05) is 18.2 Å². The van der Waals surface area contributed by atoms with E-state index in [9.17, 15) is 4.79 Å². The predicted molar refractivity (Wildman–Crippen MR) is 100 cm³/mol. The molecule has 0 saturated carbocycles. The summed E-state index contributed by atoms with van der Waals surface area (Å²) in [6, 6.07) is 10.7. The lowest BCUT2D eigenvalue weighted by atomic mass is 10.1. The van der Waals surface area contributed by atoms with E-state index in [1.54, 1.807) is 32.4 Å². The van der Waals surface area contributed by atoms with Crippen LogP contribution in [0, 0.1) is 0 Å². The molecule has 1 heterocycles. The fraction of sp³-hybridized carbons (Fsp3) is 0.250. The molecule has 0 unspecified atom stereocenters. The highest BCUT2D eigenvalue weighted by Crippen LogP contribution is 2.39. The summed E-state index contributed by atoms with van der Waals surface area (Å²) in [4.78, 5) is 12.5. The number of amides is 1. The molecular formula is C20H21NO6. The van der Waals surface area contributed by atoms with Gasteiger partial charge in [0.15, 0.2) is 28.6 Å². The summed E-state index contributed by atoms with van der Waals surface area (Å²) in [5.74, 6) is 1.96. The molecule has 0 radical (unpaired) electrons. The Morgan fingerprint density at radius 1 is 0.926 bits per heavy atom. The van der Waals surface area contributed by atoms with Gasteiger partial charge in [0.05, 0.1) is 28.4 Å². The lowest BCUT2D eigenvalue weighted by Gasteiger charge is -2.15. The standard InChI is InChI=1S/C20H21NO6/c1-23-14-7-5-6-12-10-16(27-17(12)14)20(22)21-11-13-8-9-15(24-2)19(26-4)18(13)25-3/h5-10H,11H2,1-4H3,(H,21,22). The van der Waals surface area contributed by atoms with Crippen molar-refractivity contribution < 1.29 is 28.2 Å². The first-order valence-electron chi connectivity index (χ1n) is 8.25. The van der Waals surface area contributed by atoms with Crippen LogP contribution in [0.15, 0.2) is 40.8 Å². The number of benzene rings is 2. The highest BCUT2D eigenvalue weighted by molar-refractivity contribution is 5.97. The van der Waals surface area contributed by atoms with Crippen LogP contribution >= 0.6 is 0 Å². The summed E-state index contributed by atoms with van der Waals surface area (Å²) in [7, 11) is 6.17. The van der Waals surface area contributed by atoms with Crippen molar-refractivity contribution >= 4 is 16.9 Å². The van der Waals surface area contributed by atoms with Crippen molar-refractivity contribution in [2.75, 3.05) is 28.4 Å². The van der Waals surface area contributed by atoms with Gasteiger partial charge in [-0.2, -0.15) is 0 Å². The van der Waals surface area contributed by atoms with Crippen molar-refractivity contribution in [2.45, 2.75) is 6.54 Å². The SMILES string of the molecule is COc1ccc(CNC(=O)c2cc3cccc(OC)c3o2)c(OC)c1OC. The molecule has 142 valence electrons. The fourth-order valence-electron chi connectivity index (χ4n) is 2.87. The summed E-state index contributed by atoms with van der Waals surface area (Å²) in [5, 5.41) is 3.62. The number of nitrogens with one attached hydrogen (secondary N) is 1. The van der Waals surface area contributed by atoms with Gasteiger partial charge in [-0.25, -0.2) is 0 Å². The van der Waals surface area contributed by atoms with Crippen molar-refractivity contribution in [2.24, 2.45) is 0 Å². The van der Waals surface area contributed by atoms with E-state index in [0.29, 0.717) is 28.6 Å². The van der Waals surface area contributed by atoms with Gasteiger partial charge in [-0.1, -0.05) is 12.1 Å². The van der Waals surface area contributed by atoms with Gasteiger partial charge in [-0.3, -0.25) is 4.79 Å². The first-order chi connectivity index (χ1) is 13.1. The van der Waals surface area contributed by atoms with Crippen LogP contribution in [0.1, 0.15) is 16.1 Å². The number of para-hydroxylation sites is 1. The third-order valence-electron chi connectivity index (χ3n) is 4.18. The van der Waals surface area contributed by atoms with Crippen LogP contribution in [-0.4, -0.2) is 34.3 Å². The molecule has 0 aliphatic heterocycles. The Morgan fingerprint density at radius 3 is 2.33 bits per heavy atom. The molecule has 27 heavy (non-hydrogen) atoms. The second-order valence-electron chi connectivity index (χ2n) is 5.67. The molecule has 0 aliphatic rings. The maximum absolute atomic E-state index is 12.5. The zero-order valence-electron chi connectivity index (χ0n) is 15.6. The van der Waals surface area contributed by atoms with E-state index in [4.69, 9.17) is 23.4 Å². The molecule has 1 N–H and O–H groups in total. The Kier molecular flexibility index (Phi) is 5.40. The Bertz CT molecular complexity index is 963. The Labute approximate surface area is 156 Å². The molecule has 7 heteroatoms. The van der Waals surface area contributed by atoms with Crippen molar-refractivity contribution in [1.82, 2.24) is 5.32 Å². The molecule has 0 spiro atoms. The molecule has 7 nitrogen and oxygen atoms in total. The van der Waals surface area contributed by atoms with Crippen LogP contribution in [0.4, 0.5) is 0 Å². The minimum absolute atomic E-state index is 0.203. The first kappa shape index (κ1) is 18.4. The van der Waals surface area contributed by atoms with Crippen LogP contribution in [0.25, 0.3) is 11.0 Å². The van der Waals surface area contributed by atoms with Gasteiger partial charge >= 0.3 is 0 Å². The normalized spacial score (nSPS) is 10.5. The molecule has 3 aromatic rings. The highest BCUT2D eigenvalue weighted by atomic mass is 16.5. The average molecular weight is 371 g/mol. The van der Waals surface area contributed by atoms with Gasteiger partial charge < -0.3 is 28.7 Å². The van der Waals surface area contributed by atoms with Crippen LogP contribution in [0.2, 0.25) is 0 Å². The van der Waals surface area contributed by atoms with E-state index in [-0.39, 0.29) is 18.2 Å².